The van der Waals surface area contributed by atoms with E-state index in [-0.39, 0.29) is 17.9 Å². The van der Waals surface area contributed by atoms with Crippen LogP contribution in [0, 0.1) is 12.0 Å². The van der Waals surface area contributed by atoms with E-state index in [4.69, 9.17) is 0 Å². The topological polar surface area (TPSA) is 0 Å². The van der Waals surface area contributed by atoms with Crippen LogP contribution in [-0.2, 0) is 0 Å². The molecule has 1 aromatic rings. The lowest BCUT2D eigenvalue weighted by Gasteiger charge is -2.12. The normalized spacial score (nSPS) is 17.6. The number of hydrogen-bond donors (Lipinski definition) is 0. The minimum Gasteiger partial charge on any atom is -0.230 e. The van der Waals surface area contributed by atoms with Gasteiger partial charge >= 0.3 is 0 Å². The van der Waals surface area contributed by atoms with Crippen molar-refractivity contribution in [1.82, 2.24) is 0 Å². The van der Waals surface area contributed by atoms with Crippen LogP contribution in [0.4, 0.5) is 8.78 Å². The van der Waals surface area contributed by atoms with Crippen molar-refractivity contribution in [2.75, 3.05) is 0 Å². The van der Waals surface area contributed by atoms with Gasteiger partial charge in [-0.1, -0.05) is 30.4 Å². The second kappa shape index (κ2) is 3.74. The Balaban J connectivity index is 2.29. The second-order valence-electron chi connectivity index (χ2n) is 3.15. The summed E-state index contributed by atoms with van der Waals surface area (Å²) in [6, 6.07) is 6.53. The van der Waals surface area contributed by atoms with E-state index in [9.17, 15) is 8.78 Å². The lowest BCUT2D eigenvalue weighted by molar-refractivity contribution is 0.578. The minimum absolute atomic E-state index is 0.157. The number of halogens is 2. The molecule has 2 rings (SSSR count). The molecular formula is C12H9F2. The van der Waals surface area contributed by atoms with Gasteiger partial charge in [0, 0.05) is 5.92 Å². The van der Waals surface area contributed by atoms with E-state index in [1.807, 2.05) is 0 Å². The average molecular weight is 191 g/mol. The summed E-state index contributed by atoms with van der Waals surface area (Å²) in [6.07, 6.45) is 5.72. The van der Waals surface area contributed by atoms with Crippen LogP contribution in [0.25, 0.3) is 0 Å². The Kier molecular flexibility index (Phi) is 2.44. The first-order valence-electron chi connectivity index (χ1n) is 4.40. The number of rotatable bonds is 1. The SMILES string of the molecule is F[C]1C=CC(c2ccccc2F)C=C1. The standard InChI is InChI=1S/C12H9F2/c13-10-7-5-9(6-8-10)11-3-1-2-4-12(11)14/h1-9H. The van der Waals surface area contributed by atoms with Gasteiger partial charge in [-0.3, -0.25) is 0 Å². The van der Waals surface area contributed by atoms with Crippen LogP contribution < -0.4 is 0 Å². The van der Waals surface area contributed by atoms with Gasteiger partial charge in [-0.15, -0.1) is 0 Å². The van der Waals surface area contributed by atoms with Crippen molar-refractivity contribution in [3.8, 4) is 0 Å². The Labute approximate surface area is 81.6 Å². The van der Waals surface area contributed by atoms with Crippen LogP contribution in [0.3, 0.4) is 0 Å². The number of hydrogen-bond acceptors (Lipinski definition) is 0. The lowest BCUT2D eigenvalue weighted by atomic mass is 9.94. The maximum atomic E-state index is 13.3. The predicted molar refractivity (Wildman–Crippen MR) is 51.8 cm³/mol. The third-order valence-corrected chi connectivity index (χ3v) is 2.19. The Morgan fingerprint density at radius 3 is 2.21 bits per heavy atom. The van der Waals surface area contributed by atoms with E-state index in [2.05, 4.69) is 0 Å². The quantitative estimate of drug-likeness (QED) is 0.637. The van der Waals surface area contributed by atoms with Gasteiger partial charge in [0.25, 0.3) is 0 Å². The molecule has 0 atom stereocenters. The summed E-state index contributed by atoms with van der Waals surface area (Å²) in [5.41, 5.74) is 0.576. The van der Waals surface area contributed by atoms with Gasteiger partial charge in [0.05, 0.1) is 0 Å². The molecule has 0 fully saturated rings. The van der Waals surface area contributed by atoms with Gasteiger partial charge in [0.1, 0.15) is 5.82 Å². The highest BCUT2D eigenvalue weighted by Crippen LogP contribution is 2.27. The minimum atomic E-state index is -0.294. The molecule has 1 aromatic carbocycles. The summed E-state index contributed by atoms with van der Waals surface area (Å²) in [5, 5.41) is 0. The molecule has 0 aromatic heterocycles. The molecule has 0 unspecified atom stereocenters. The summed E-state index contributed by atoms with van der Waals surface area (Å²) >= 11 is 0. The Bertz CT molecular complexity index is 366. The van der Waals surface area contributed by atoms with Crippen molar-refractivity contribution in [3.63, 3.8) is 0 Å². The zero-order valence-electron chi connectivity index (χ0n) is 7.45. The van der Waals surface area contributed by atoms with Crippen LogP contribution in [0.1, 0.15) is 11.5 Å². The van der Waals surface area contributed by atoms with Crippen LogP contribution in [0.5, 0.6) is 0 Å². The lowest BCUT2D eigenvalue weighted by Crippen LogP contribution is -1.99. The summed E-state index contributed by atoms with van der Waals surface area (Å²) in [5.74, 6) is -0.412. The molecular weight excluding hydrogens is 182 g/mol. The Morgan fingerprint density at radius 1 is 0.929 bits per heavy atom. The molecule has 1 aliphatic carbocycles. The van der Waals surface area contributed by atoms with Gasteiger partial charge in [0.15, 0.2) is 6.17 Å². The Hall–Kier alpha value is -1.44. The average Bonchev–Trinajstić information content (AvgIpc) is 2.20. The van der Waals surface area contributed by atoms with Crippen molar-refractivity contribution in [2.24, 2.45) is 0 Å². The maximum Gasteiger partial charge on any atom is 0.188 e. The van der Waals surface area contributed by atoms with Crippen molar-refractivity contribution in [2.45, 2.75) is 5.92 Å². The van der Waals surface area contributed by atoms with Gasteiger partial charge in [-0.05, 0) is 23.8 Å². The fourth-order valence-electron chi connectivity index (χ4n) is 1.46. The number of benzene rings is 1. The van der Waals surface area contributed by atoms with Crippen molar-refractivity contribution < 1.29 is 8.78 Å². The highest BCUT2D eigenvalue weighted by molar-refractivity contribution is 5.36. The second-order valence-corrected chi connectivity index (χ2v) is 3.15. The van der Waals surface area contributed by atoms with Gasteiger partial charge in [0.2, 0.25) is 0 Å². The third-order valence-electron chi connectivity index (χ3n) is 2.19. The number of allylic oxidation sites excluding steroid dienone is 4. The van der Waals surface area contributed by atoms with Crippen LogP contribution >= 0.6 is 0 Å². The molecule has 0 saturated carbocycles. The van der Waals surface area contributed by atoms with E-state index in [0.29, 0.717) is 5.56 Å². The highest BCUT2D eigenvalue weighted by atomic mass is 19.1. The maximum absolute atomic E-state index is 13.3. The summed E-state index contributed by atoms with van der Waals surface area (Å²) in [7, 11) is 0. The van der Waals surface area contributed by atoms with E-state index in [1.165, 1.54) is 18.2 Å². The fraction of sp³-hybridized carbons (Fsp3) is 0.0833. The molecule has 0 amide bonds. The van der Waals surface area contributed by atoms with Crippen molar-refractivity contribution >= 4 is 0 Å². The molecule has 0 spiro atoms. The summed E-state index contributed by atoms with van der Waals surface area (Å²) in [6.45, 7) is 0. The largest absolute Gasteiger partial charge is 0.230 e. The zero-order valence-corrected chi connectivity index (χ0v) is 7.45. The molecule has 1 radical (unpaired) electrons. The molecule has 0 bridgehead atoms. The van der Waals surface area contributed by atoms with Crippen LogP contribution in [0.2, 0.25) is 0 Å². The van der Waals surface area contributed by atoms with E-state index in [1.54, 1.807) is 30.4 Å². The molecule has 0 heterocycles. The first kappa shape index (κ1) is 9.13. The molecule has 14 heavy (non-hydrogen) atoms. The summed E-state index contributed by atoms with van der Waals surface area (Å²) in [4.78, 5) is 0. The van der Waals surface area contributed by atoms with Crippen LogP contribution in [0.15, 0.2) is 48.6 Å². The van der Waals surface area contributed by atoms with Crippen molar-refractivity contribution in [1.29, 1.82) is 0 Å². The zero-order chi connectivity index (χ0) is 9.97. The molecule has 0 saturated heterocycles. The fourth-order valence-corrected chi connectivity index (χ4v) is 1.46. The molecule has 71 valence electrons. The van der Waals surface area contributed by atoms with Crippen molar-refractivity contribution in [3.05, 3.63) is 66.1 Å². The molecule has 1 aliphatic rings. The first-order chi connectivity index (χ1) is 6.77. The first-order valence-corrected chi connectivity index (χ1v) is 4.40. The Morgan fingerprint density at radius 2 is 1.57 bits per heavy atom. The molecule has 0 nitrogen and oxygen atoms in total. The van der Waals surface area contributed by atoms with E-state index in [0.717, 1.165) is 0 Å². The molecule has 0 aliphatic heterocycles. The van der Waals surface area contributed by atoms with E-state index < -0.39 is 0 Å². The third kappa shape index (κ3) is 1.74. The van der Waals surface area contributed by atoms with Crippen LogP contribution in [-0.4, -0.2) is 0 Å². The van der Waals surface area contributed by atoms with Gasteiger partial charge < -0.3 is 0 Å². The molecule has 2 heteroatoms. The smallest absolute Gasteiger partial charge is 0.188 e. The summed E-state index contributed by atoms with van der Waals surface area (Å²) < 4.78 is 25.9. The highest BCUT2D eigenvalue weighted by Gasteiger charge is 2.13. The van der Waals surface area contributed by atoms with Gasteiger partial charge in [-0.2, -0.15) is 0 Å². The predicted octanol–water partition coefficient (Wildman–Crippen LogP) is 3.54. The van der Waals surface area contributed by atoms with E-state index >= 15 is 0 Å². The van der Waals surface area contributed by atoms with Gasteiger partial charge in [-0.25, -0.2) is 8.78 Å². The monoisotopic (exact) mass is 191 g/mol. The molecule has 0 N–H and O–H groups in total.